The van der Waals surface area contributed by atoms with Gasteiger partial charge in [-0.3, -0.25) is 4.79 Å². The number of hydrogen-bond acceptors (Lipinski definition) is 4. The van der Waals surface area contributed by atoms with Gasteiger partial charge in [0, 0.05) is 37.9 Å². The van der Waals surface area contributed by atoms with E-state index >= 15 is 0 Å². The fourth-order valence-electron chi connectivity index (χ4n) is 3.32. The smallest absolute Gasteiger partial charge is 0.290 e. The largest absolute Gasteiger partial charge is 0.451 e. The SMILES string of the molecule is CO[C@@H]1CC(c2ncc[nH]2)N(C(=O)c2cc3cc(C)ccc3o2)C1. The molecular weight excluding hydrogens is 306 g/mol. The van der Waals surface area contributed by atoms with Crippen LogP contribution >= 0.6 is 0 Å². The van der Waals surface area contributed by atoms with E-state index < -0.39 is 0 Å². The van der Waals surface area contributed by atoms with Crippen molar-refractivity contribution in [2.45, 2.75) is 25.5 Å². The van der Waals surface area contributed by atoms with E-state index in [1.807, 2.05) is 31.2 Å². The number of hydrogen-bond donors (Lipinski definition) is 1. The van der Waals surface area contributed by atoms with E-state index in [1.165, 1.54) is 0 Å². The molecule has 124 valence electrons. The zero-order valence-corrected chi connectivity index (χ0v) is 13.7. The average molecular weight is 325 g/mol. The highest BCUT2D eigenvalue weighted by molar-refractivity contribution is 5.96. The Morgan fingerprint density at radius 1 is 1.42 bits per heavy atom. The number of furan rings is 1. The highest BCUT2D eigenvalue weighted by Crippen LogP contribution is 2.33. The number of imidazole rings is 1. The normalized spacial score (nSPS) is 20.8. The highest BCUT2D eigenvalue weighted by atomic mass is 16.5. The van der Waals surface area contributed by atoms with E-state index in [0.29, 0.717) is 12.3 Å². The number of H-pyrrole nitrogens is 1. The number of ether oxygens (including phenoxy) is 1. The number of aromatic amines is 1. The third-order valence-corrected chi connectivity index (χ3v) is 4.57. The number of carbonyl (C=O) groups is 1. The monoisotopic (exact) mass is 325 g/mol. The Bertz CT molecular complexity index is 869. The zero-order valence-electron chi connectivity index (χ0n) is 13.7. The summed E-state index contributed by atoms with van der Waals surface area (Å²) >= 11 is 0. The van der Waals surface area contributed by atoms with Crippen LogP contribution in [-0.4, -0.2) is 40.5 Å². The topological polar surface area (TPSA) is 71.4 Å². The Labute approximate surface area is 139 Å². The first-order chi connectivity index (χ1) is 11.7. The molecule has 1 unspecified atom stereocenters. The van der Waals surface area contributed by atoms with Crippen molar-refractivity contribution >= 4 is 16.9 Å². The third-order valence-electron chi connectivity index (χ3n) is 4.57. The van der Waals surface area contributed by atoms with Crippen molar-refractivity contribution in [2.75, 3.05) is 13.7 Å². The van der Waals surface area contributed by atoms with Crippen molar-refractivity contribution in [2.24, 2.45) is 0 Å². The molecule has 6 nitrogen and oxygen atoms in total. The van der Waals surface area contributed by atoms with E-state index in [9.17, 15) is 4.79 Å². The van der Waals surface area contributed by atoms with E-state index in [2.05, 4.69) is 9.97 Å². The van der Waals surface area contributed by atoms with Gasteiger partial charge in [0.1, 0.15) is 11.4 Å². The molecule has 0 saturated carbocycles. The number of carbonyl (C=O) groups excluding carboxylic acids is 1. The van der Waals surface area contributed by atoms with Crippen molar-refractivity contribution < 1.29 is 13.9 Å². The van der Waals surface area contributed by atoms with E-state index in [1.54, 1.807) is 24.4 Å². The molecule has 1 fully saturated rings. The van der Waals surface area contributed by atoms with Gasteiger partial charge in [-0.1, -0.05) is 11.6 Å². The molecule has 4 rings (SSSR count). The molecule has 6 heteroatoms. The van der Waals surface area contributed by atoms with Gasteiger partial charge < -0.3 is 19.0 Å². The van der Waals surface area contributed by atoms with Crippen molar-refractivity contribution in [1.82, 2.24) is 14.9 Å². The molecule has 3 heterocycles. The Kier molecular flexibility index (Phi) is 3.61. The lowest BCUT2D eigenvalue weighted by atomic mass is 10.1. The molecule has 24 heavy (non-hydrogen) atoms. The second kappa shape index (κ2) is 5.79. The van der Waals surface area contributed by atoms with Crippen LogP contribution in [0.3, 0.4) is 0 Å². The number of nitrogens with one attached hydrogen (secondary N) is 1. The lowest BCUT2D eigenvalue weighted by Crippen LogP contribution is -2.32. The van der Waals surface area contributed by atoms with E-state index in [-0.39, 0.29) is 18.1 Å². The third kappa shape index (κ3) is 2.49. The number of likely N-dealkylation sites (tertiary alicyclic amines) is 1. The summed E-state index contributed by atoms with van der Waals surface area (Å²) in [5.41, 5.74) is 1.86. The van der Waals surface area contributed by atoms with Crippen molar-refractivity contribution in [3.63, 3.8) is 0 Å². The summed E-state index contributed by atoms with van der Waals surface area (Å²) in [4.78, 5) is 22.2. The number of nitrogens with zero attached hydrogens (tertiary/aromatic N) is 2. The van der Waals surface area contributed by atoms with Crippen LogP contribution in [0, 0.1) is 6.92 Å². The summed E-state index contributed by atoms with van der Waals surface area (Å²) in [6, 6.07) is 7.56. The quantitative estimate of drug-likeness (QED) is 0.803. The molecule has 0 radical (unpaired) electrons. The van der Waals surface area contributed by atoms with Gasteiger partial charge in [-0.2, -0.15) is 0 Å². The average Bonchev–Trinajstić information content (AvgIpc) is 3.31. The molecule has 0 aliphatic carbocycles. The first kappa shape index (κ1) is 15.0. The van der Waals surface area contributed by atoms with E-state index in [0.717, 1.165) is 28.8 Å². The number of benzene rings is 1. The Hall–Kier alpha value is -2.60. The molecule has 1 aliphatic rings. The number of fused-ring (bicyclic) bond motifs is 1. The molecule has 2 atom stereocenters. The van der Waals surface area contributed by atoms with E-state index in [4.69, 9.17) is 9.15 Å². The first-order valence-electron chi connectivity index (χ1n) is 7.99. The molecule has 0 spiro atoms. The van der Waals surface area contributed by atoms with Gasteiger partial charge in [0.25, 0.3) is 5.91 Å². The van der Waals surface area contributed by atoms with Crippen LogP contribution in [-0.2, 0) is 4.74 Å². The standard InChI is InChI=1S/C18H19N3O3/c1-11-3-4-15-12(7-11)8-16(24-15)18(22)21-10-13(23-2)9-14(21)17-19-5-6-20-17/h3-8,13-14H,9-10H2,1-2H3,(H,19,20)/t13-,14?/m1/s1. The van der Waals surface area contributed by atoms with Crippen LogP contribution in [0.1, 0.15) is 34.4 Å². The molecule has 1 N–H and O–H groups in total. The maximum absolute atomic E-state index is 13.0. The summed E-state index contributed by atoms with van der Waals surface area (Å²) in [5, 5.41) is 0.940. The second-order valence-electron chi connectivity index (χ2n) is 6.19. The van der Waals surface area contributed by atoms with Gasteiger partial charge in [-0.05, 0) is 25.1 Å². The van der Waals surface area contributed by atoms with Crippen molar-refractivity contribution in [3.8, 4) is 0 Å². The van der Waals surface area contributed by atoms with Crippen LogP contribution in [0.5, 0.6) is 0 Å². The molecule has 1 saturated heterocycles. The summed E-state index contributed by atoms with van der Waals surface area (Å²) < 4.78 is 11.2. The highest BCUT2D eigenvalue weighted by Gasteiger charge is 2.39. The summed E-state index contributed by atoms with van der Waals surface area (Å²) in [6.45, 7) is 2.54. The fourth-order valence-corrected chi connectivity index (χ4v) is 3.32. The molecule has 1 aromatic carbocycles. The molecular formula is C18H19N3O3. The minimum Gasteiger partial charge on any atom is -0.451 e. The van der Waals surface area contributed by atoms with Gasteiger partial charge in [0.2, 0.25) is 0 Å². The van der Waals surface area contributed by atoms with Crippen LogP contribution in [0.4, 0.5) is 0 Å². The van der Waals surface area contributed by atoms with Crippen LogP contribution in [0.2, 0.25) is 0 Å². The number of amides is 1. The number of aryl methyl sites for hydroxylation is 1. The lowest BCUT2D eigenvalue weighted by molar-refractivity contribution is 0.0656. The van der Waals surface area contributed by atoms with Crippen LogP contribution in [0.25, 0.3) is 11.0 Å². The Morgan fingerprint density at radius 2 is 2.29 bits per heavy atom. The second-order valence-corrected chi connectivity index (χ2v) is 6.19. The fraction of sp³-hybridized carbons (Fsp3) is 0.333. The number of rotatable bonds is 3. The van der Waals surface area contributed by atoms with Gasteiger partial charge in [0.05, 0.1) is 12.1 Å². The lowest BCUT2D eigenvalue weighted by Gasteiger charge is -2.21. The minimum atomic E-state index is -0.134. The Morgan fingerprint density at radius 3 is 3.04 bits per heavy atom. The predicted molar refractivity (Wildman–Crippen MR) is 88.7 cm³/mol. The van der Waals surface area contributed by atoms with Crippen molar-refractivity contribution in [3.05, 3.63) is 53.8 Å². The maximum Gasteiger partial charge on any atom is 0.290 e. The predicted octanol–water partition coefficient (Wildman–Crippen LogP) is 3.07. The number of aromatic nitrogens is 2. The molecule has 1 aliphatic heterocycles. The van der Waals surface area contributed by atoms with Gasteiger partial charge in [-0.25, -0.2) is 4.98 Å². The summed E-state index contributed by atoms with van der Waals surface area (Å²) in [7, 11) is 1.67. The van der Waals surface area contributed by atoms with Crippen molar-refractivity contribution in [1.29, 1.82) is 0 Å². The number of methoxy groups -OCH3 is 1. The molecule has 2 aromatic heterocycles. The van der Waals surface area contributed by atoms with Gasteiger partial charge in [-0.15, -0.1) is 0 Å². The zero-order chi connectivity index (χ0) is 16.7. The molecule has 0 bridgehead atoms. The first-order valence-corrected chi connectivity index (χ1v) is 7.99. The van der Waals surface area contributed by atoms with Gasteiger partial charge >= 0.3 is 0 Å². The maximum atomic E-state index is 13.0. The molecule has 3 aromatic rings. The molecule has 1 amide bonds. The minimum absolute atomic E-state index is 0.00401. The summed E-state index contributed by atoms with van der Waals surface area (Å²) in [5.74, 6) is 0.989. The van der Waals surface area contributed by atoms with Gasteiger partial charge in [0.15, 0.2) is 5.76 Å². The Balaban J connectivity index is 1.67. The van der Waals surface area contributed by atoms with Crippen LogP contribution < -0.4 is 0 Å². The van der Waals surface area contributed by atoms with Crippen LogP contribution in [0.15, 0.2) is 41.1 Å². The summed E-state index contributed by atoms with van der Waals surface area (Å²) in [6.07, 6.45) is 4.18.